The van der Waals surface area contributed by atoms with Crippen molar-refractivity contribution in [2.24, 2.45) is 0 Å². The Labute approximate surface area is 135 Å². The van der Waals surface area contributed by atoms with Crippen molar-refractivity contribution in [1.82, 2.24) is 14.9 Å². The lowest BCUT2D eigenvalue weighted by atomic mass is 10.1. The summed E-state index contributed by atoms with van der Waals surface area (Å²) in [7, 11) is 0. The van der Waals surface area contributed by atoms with Crippen molar-refractivity contribution in [3.63, 3.8) is 0 Å². The zero-order chi connectivity index (χ0) is 16.2. The zero-order valence-corrected chi connectivity index (χ0v) is 13.1. The molecule has 1 N–H and O–H groups in total. The van der Waals surface area contributed by atoms with Crippen LogP contribution in [0.3, 0.4) is 0 Å². The molecule has 0 saturated carbocycles. The van der Waals surface area contributed by atoms with Gasteiger partial charge in [0.15, 0.2) is 0 Å². The molecule has 23 heavy (non-hydrogen) atoms. The molecule has 0 bridgehead atoms. The lowest BCUT2D eigenvalue weighted by Crippen LogP contribution is -2.27. The standard InChI is InChI=1S/C19H19N3O/c1-3-12-20-18(23)13-22-17-11-7-6-10-16(17)21-19(22)15-9-5-4-8-14(15)2/h3-11H,1,12-13H2,2H3,(H,20,23). The molecule has 1 amide bonds. The number of nitrogens with zero attached hydrogens (tertiary/aromatic N) is 2. The van der Waals surface area contributed by atoms with Gasteiger partial charge in [-0.2, -0.15) is 0 Å². The number of fused-ring (bicyclic) bond motifs is 1. The first kappa shape index (κ1) is 15.0. The van der Waals surface area contributed by atoms with E-state index in [9.17, 15) is 4.79 Å². The van der Waals surface area contributed by atoms with Gasteiger partial charge < -0.3 is 9.88 Å². The quantitative estimate of drug-likeness (QED) is 0.735. The third-order valence-electron chi connectivity index (χ3n) is 3.79. The number of aryl methyl sites for hydroxylation is 1. The first-order valence-electron chi connectivity index (χ1n) is 7.59. The highest BCUT2D eigenvalue weighted by molar-refractivity contribution is 5.85. The molecule has 4 heteroatoms. The van der Waals surface area contributed by atoms with E-state index in [1.54, 1.807) is 6.08 Å². The summed E-state index contributed by atoms with van der Waals surface area (Å²) in [5.41, 5.74) is 4.03. The Balaban J connectivity index is 2.10. The Morgan fingerprint density at radius 3 is 2.74 bits per heavy atom. The second-order valence-corrected chi connectivity index (χ2v) is 5.42. The first-order chi connectivity index (χ1) is 11.2. The molecule has 3 aromatic rings. The maximum Gasteiger partial charge on any atom is 0.240 e. The third-order valence-corrected chi connectivity index (χ3v) is 3.79. The van der Waals surface area contributed by atoms with Gasteiger partial charge in [-0.1, -0.05) is 42.5 Å². The van der Waals surface area contributed by atoms with Crippen LogP contribution in [-0.2, 0) is 11.3 Å². The summed E-state index contributed by atoms with van der Waals surface area (Å²) in [5, 5.41) is 2.82. The second kappa shape index (κ2) is 6.48. The van der Waals surface area contributed by atoms with Gasteiger partial charge in [0.2, 0.25) is 5.91 Å². The van der Waals surface area contributed by atoms with Crippen LogP contribution in [0.5, 0.6) is 0 Å². The maximum atomic E-state index is 12.2. The van der Waals surface area contributed by atoms with Gasteiger partial charge in [-0.05, 0) is 24.6 Å². The van der Waals surface area contributed by atoms with E-state index in [1.807, 2.05) is 47.0 Å². The van der Waals surface area contributed by atoms with Crippen LogP contribution >= 0.6 is 0 Å². The number of aromatic nitrogens is 2. The molecule has 1 heterocycles. The number of carbonyl (C=O) groups is 1. The molecular weight excluding hydrogens is 286 g/mol. The van der Waals surface area contributed by atoms with E-state index >= 15 is 0 Å². The Hall–Kier alpha value is -2.88. The number of imidazole rings is 1. The van der Waals surface area contributed by atoms with Crippen molar-refractivity contribution in [2.75, 3.05) is 6.54 Å². The molecule has 2 aromatic carbocycles. The Morgan fingerprint density at radius 1 is 1.22 bits per heavy atom. The number of benzene rings is 2. The van der Waals surface area contributed by atoms with Crippen LogP contribution in [0.25, 0.3) is 22.4 Å². The molecule has 4 nitrogen and oxygen atoms in total. The Bertz CT molecular complexity index is 864. The first-order valence-corrected chi connectivity index (χ1v) is 7.59. The maximum absolute atomic E-state index is 12.2. The molecule has 3 rings (SSSR count). The van der Waals surface area contributed by atoms with Crippen molar-refractivity contribution < 1.29 is 4.79 Å². The number of rotatable bonds is 5. The average molecular weight is 305 g/mol. The van der Waals surface area contributed by atoms with E-state index in [0.717, 1.165) is 28.0 Å². The van der Waals surface area contributed by atoms with Crippen LogP contribution in [0, 0.1) is 6.92 Å². The van der Waals surface area contributed by atoms with Crippen LogP contribution in [0.1, 0.15) is 5.56 Å². The van der Waals surface area contributed by atoms with E-state index in [1.165, 1.54) is 0 Å². The number of amides is 1. The number of carbonyl (C=O) groups excluding carboxylic acids is 1. The van der Waals surface area contributed by atoms with E-state index in [4.69, 9.17) is 4.98 Å². The minimum Gasteiger partial charge on any atom is -0.351 e. The minimum absolute atomic E-state index is 0.0529. The van der Waals surface area contributed by atoms with Crippen LogP contribution in [-0.4, -0.2) is 22.0 Å². The highest BCUT2D eigenvalue weighted by Crippen LogP contribution is 2.27. The number of nitrogens with one attached hydrogen (secondary N) is 1. The van der Waals surface area contributed by atoms with Crippen LogP contribution in [0.2, 0.25) is 0 Å². The number of para-hydroxylation sites is 2. The monoisotopic (exact) mass is 305 g/mol. The molecule has 0 unspecified atom stereocenters. The third kappa shape index (κ3) is 3.01. The summed E-state index contributed by atoms with van der Waals surface area (Å²) < 4.78 is 1.97. The molecular formula is C19H19N3O. The SMILES string of the molecule is C=CCNC(=O)Cn1c(-c2ccccc2C)nc2ccccc21. The summed E-state index contributed by atoms with van der Waals surface area (Å²) in [6.45, 7) is 6.37. The zero-order valence-electron chi connectivity index (χ0n) is 13.1. The van der Waals surface area contributed by atoms with Crippen molar-refractivity contribution in [1.29, 1.82) is 0 Å². The van der Waals surface area contributed by atoms with Gasteiger partial charge in [-0.15, -0.1) is 6.58 Å². The van der Waals surface area contributed by atoms with Crippen LogP contribution < -0.4 is 5.32 Å². The topological polar surface area (TPSA) is 46.9 Å². The van der Waals surface area contributed by atoms with E-state index < -0.39 is 0 Å². The molecule has 0 aliphatic rings. The Kier molecular flexibility index (Phi) is 4.24. The van der Waals surface area contributed by atoms with Gasteiger partial charge in [0.25, 0.3) is 0 Å². The van der Waals surface area contributed by atoms with E-state index in [2.05, 4.69) is 24.9 Å². The lowest BCUT2D eigenvalue weighted by Gasteiger charge is -2.11. The molecule has 0 atom stereocenters. The summed E-state index contributed by atoms with van der Waals surface area (Å²) in [5.74, 6) is 0.765. The number of hydrogen-bond acceptors (Lipinski definition) is 2. The predicted molar refractivity (Wildman–Crippen MR) is 93.1 cm³/mol. The fraction of sp³-hybridized carbons (Fsp3) is 0.158. The van der Waals surface area contributed by atoms with Crippen molar-refractivity contribution in [3.8, 4) is 11.4 Å². The largest absolute Gasteiger partial charge is 0.351 e. The van der Waals surface area contributed by atoms with Crippen LogP contribution in [0.15, 0.2) is 61.2 Å². The Morgan fingerprint density at radius 2 is 1.96 bits per heavy atom. The van der Waals surface area contributed by atoms with Gasteiger partial charge >= 0.3 is 0 Å². The molecule has 0 aliphatic heterocycles. The van der Waals surface area contributed by atoms with Crippen molar-refractivity contribution >= 4 is 16.9 Å². The molecule has 1 aromatic heterocycles. The second-order valence-electron chi connectivity index (χ2n) is 5.42. The molecule has 0 saturated heterocycles. The van der Waals surface area contributed by atoms with Crippen molar-refractivity contribution in [2.45, 2.75) is 13.5 Å². The molecule has 0 spiro atoms. The molecule has 0 radical (unpaired) electrons. The number of hydrogen-bond donors (Lipinski definition) is 1. The molecule has 0 aliphatic carbocycles. The lowest BCUT2D eigenvalue weighted by molar-refractivity contribution is -0.121. The van der Waals surface area contributed by atoms with E-state index in [0.29, 0.717) is 6.54 Å². The minimum atomic E-state index is -0.0529. The summed E-state index contributed by atoms with van der Waals surface area (Å²) in [6, 6.07) is 16.0. The fourth-order valence-electron chi connectivity index (χ4n) is 2.65. The average Bonchev–Trinajstić information content (AvgIpc) is 2.92. The fourth-order valence-corrected chi connectivity index (χ4v) is 2.65. The van der Waals surface area contributed by atoms with Gasteiger partial charge in [-0.25, -0.2) is 4.98 Å². The summed E-state index contributed by atoms with van der Waals surface area (Å²) in [4.78, 5) is 16.9. The summed E-state index contributed by atoms with van der Waals surface area (Å²) >= 11 is 0. The van der Waals surface area contributed by atoms with Gasteiger partial charge in [0.05, 0.1) is 11.0 Å². The van der Waals surface area contributed by atoms with E-state index in [-0.39, 0.29) is 12.5 Å². The molecule has 0 fully saturated rings. The van der Waals surface area contributed by atoms with Gasteiger partial charge in [0, 0.05) is 12.1 Å². The van der Waals surface area contributed by atoms with Gasteiger partial charge in [-0.3, -0.25) is 4.79 Å². The van der Waals surface area contributed by atoms with Crippen molar-refractivity contribution in [3.05, 3.63) is 66.7 Å². The highest BCUT2D eigenvalue weighted by Gasteiger charge is 2.15. The predicted octanol–water partition coefficient (Wildman–Crippen LogP) is 3.31. The van der Waals surface area contributed by atoms with Crippen LogP contribution in [0.4, 0.5) is 0 Å². The van der Waals surface area contributed by atoms with Gasteiger partial charge in [0.1, 0.15) is 12.4 Å². The smallest absolute Gasteiger partial charge is 0.240 e. The normalized spacial score (nSPS) is 10.7. The molecule has 116 valence electrons. The summed E-state index contributed by atoms with van der Waals surface area (Å²) in [6.07, 6.45) is 1.67. The highest BCUT2D eigenvalue weighted by atomic mass is 16.1.